The maximum Gasteiger partial charge on any atom is 0.296 e. The van der Waals surface area contributed by atoms with Crippen LogP contribution >= 0.6 is 35.2 Å². The van der Waals surface area contributed by atoms with Crippen LogP contribution in [-0.2, 0) is 29.3 Å². The van der Waals surface area contributed by atoms with Gasteiger partial charge in [-0.25, -0.2) is 13.7 Å². The van der Waals surface area contributed by atoms with E-state index < -0.39 is 29.7 Å². The normalized spacial score (nSPS) is 12.3. The fourth-order valence-corrected chi connectivity index (χ4v) is 4.85. The molecule has 2 N–H and O–H groups in total. The third-order valence-electron chi connectivity index (χ3n) is 2.86. The van der Waals surface area contributed by atoms with E-state index in [-0.39, 0.29) is 19.8 Å². The van der Waals surface area contributed by atoms with Gasteiger partial charge in [-0.05, 0) is 36.4 Å². The number of hydrogen-bond acceptors (Lipinski definition) is 8. The van der Waals surface area contributed by atoms with E-state index in [1.54, 1.807) is 0 Å². The quantitative estimate of drug-likeness (QED) is 0.296. The van der Waals surface area contributed by atoms with Gasteiger partial charge in [-0.15, -0.1) is 4.33 Å². The molecule has 0 radical (unpaired) electrons. The van der Waals surface area contributed by atoms with Crippen LogP contribution in [-0.4, -0.2) is 26.6 Å². The first kappa shape index (κ1) is 20.4. The summed E-state index contributed by atoms with van der Waals surface area (Å²) in [6.45, 7) is 0. The van der Waals surface area contributed by atoms with Crippen molar-refractivity contribution in [2.24, 2.45) is 0 Å². The van der Waals surface area contributed by atoms with Crippen molar-refractivity contribution >= 4 is 55.2 Å². The summed E-state index contributed by atoms with van der Waals surface area (Å²) in [5.41, 5.74) is 0. The molecule has 0 amide bonds. The predicted molar refractivity (Wildman–Crippen MR) is 88.8 cm³/mol. The van der Waals surface area contributed by atoms with Crippen LogP contribution in [0.2, 0.25) is 10.0 Å². The molecule has 13 heteroatoms. The molecule has 2 aromatic rings. The molecule has 0 aliphatic heterocycles. The van der Waals surface area contributed by atoms with Gasteiger partial charge in [0.1, 0.15) is 4.90 Å². The van der Waals surface area contributed by atoms with Crippen molar-refractivity contribution in [3.05, 3.63) is 46.4 Å². The van der Waals surface area contributed by atoms with Crippen molar-refractivity contribution < 1.29 is 36.0 Å². The average Bonchev–Trinajstić information content (AvgIpc) is 2.53. The minimum atomic E-state index is -4.71. The molecule has 0 saturated carbocycles. The Labute approximate surface area is 157 Å². The first-order chi connectivity index (χ1) is 11.6. The van der Waals surface area contributed by atoms with Crippen molar-refractivity contribution in [2.45, 2.75) is 19.6 Å². The Kier molecular flexibility index (Phi) is 6.35. The summed E-state index contributed by atoms with van der Waals surface area (Å²) in [7, 11) is -8.88. The summed E-state index contributed by atoms with van der Waals surface area (Å²) < 4.78 is 61.3. The first-order valence-electron chi connectivity index (χ1n) is 6.04. The topological polar surface area (TPSA) is 127 Å². The summed E-state index contributed by atoms with van der Waals surface area (Å²) in [5.74, 6) is 0. The van der Waals surface area contributed by atoms with Gasteiger partial charge in [0.25, 0.3) is 10.1 Å². The Balaban J connectivity index is 2.56. The standard InChI is InChI=1S/C12H8Cl2O8S3/c13-9-3-1-7(5-11(9)23-22-21-15)24(16,17)8-2-4-10(14)12(6-8)25(18,19)20/h1-6,15H,(H,18,19,20). The zero-order chi connectivity index (χ0) is 18.8. The van der Waals surface area contributed by atoms with Crippen LogP contribution in [0.5, 0.6) is 0 Å². The SMILES string of the molecule is O=S(=O)(O)c1cc(S(=O)(=O)c2ccc(Cl)c(SOOO)c2)ccc1Cl. The highest BCUT2D eigenvalue weighted by molar-refractivity contribution is 7.94. The second-order valence-electron chi connectivity index (χ2n) is 4.39. The van der Waals surface area contributed by atoms with Gasteiger partial charge < -0.3 is 0 Å². The van der Waals surface area contributed by atoms with E-state index in [0.29, 0.717) is 12.0 Å². The van der Waals surface area contributed by atoms with E-state index in [2.05, 4.69) is 9.37 Å². The largest absolute Gasteiger partial charge is 0.296 e. The van der Waals surface area contributed by atoms with Crippen molar-refractivity contribution in [2.75, 3.05) is 0 Å². The first-order valence-corrected chi connectivity index (χ1v) is 10.5. The number of hydrogen-bond donors (Lipinski definition) is 2. The number of halogens is 2. The molecular weight excluding hydrogens is 439 g/mol. The smallest absolute Gasteiger partial charge is 0.282 e. The maximum atomic E-state index is 12.7. The molecule has 0 aliphatic rings. The van der Waals surface area contributed by atoms with Gasteiger partial charge in [-0.1, -0.05) is 28.2 Å². The lowest BCUT2D eigenvalue weighted by Crippen LogP contribution is -2.06. The van der Waals surface area contributed by atoms with Crippen LogP contribution in [0.25, 0.3) is 0 Å². The Hall–Kier alpha value is -0.890. The lowest BCUT2D eigenvalue weighted by Gasteiger charge is -2.09. The van der Waals surface area contributed by atoms with Crippen LogP contribution < -0.4 is 0 Å². The van der Waals surface area contributed by atoms with E-state index in [1.165, 1.54) is 12.1 Å². The molecule has 0 fully saturated rings. The molecule has 0 aromatic heterocycles. The highest BCUT2D eigenvalue weighted by Crippen LogP contribution is 2.33. The van der Waals surface area contributed by atoms with Gasteiger partial charge in [-0.2, -0.15) is 8.42 Å². The zero-order valence-electron chi connectivity index (χ0n) is 11.8. The van der Waals surface area contributed by atoms with Crippen molar-refractivity contribution in [3.63, 3.8) is 0 Å². The number of rotatable bonds is 6. The van der Waals surface area contributed by atoms with Gasteiger partial charge in [0.05, 0.1) is 36.8 Å². The minimum absolute atomic E-state index is 0.112. The molecule has 8 nitrogen and oxygen atoms in total. The van der Waals surface area contributed by atoms with Crippen LogP contribution in [0.1, 0.15) is 0 Å². The van der Waals surface area contributed by atoms with Gasteiger partial charge in [-0.3, -0.25) is 4.55 Å². The van der Waals surface area contributed by atoms with Gasteiger partial charge in [0.2, 0.25) is 9.84 Å². The van der Waals surface area contributed by atoms with Crippen molar-refractivity contribution in [3.8, 4) is 0 Å². The molecular formula is C12H8Cl2O8S3. The van der Waals surface area contributed by atoms with E-state index in [4.69, 9.17) is 33.0 Å². The second kappa shape index (κ2) is 7.78. The van der Waals surface area contributed by atoms with Gasteiger partial charge >= 0.3 is 0 Å². The summed E-state index contributed by atoms with van der Waals surface area (Å²) >= 11 is 12.0. The number of benzene rings is 2. The van der Waals surface area contributed by atoms with E-state index in [0.717, 1.165) is 24.3 Å². The Bertz CT molecular complexity index is 1010. The molecule has 0 bridgehead atoms. The highest BCUT2D eigenvalue weighted by Gasteiger charge is 2.23. The van der Waals surface area contributed by atoms with Gasteiger partial charge in [0.15, 0.2) is 0 Å². The predicted octanol–water partition coefficient (Wildman–Crippen LogP) is 3.50. The van der Waals surface area contributed by atoms with Crippen molar-refractivity contribution in [1.29, 1.82) is 0 Å². The van der Waals surface area contributed by atoms with Crippen LogP contribution in [0.4, 0.5) is 0 Å². The lowest BCUT2D eigenvalue weighted by atomic mass is 10.3. The van der Waals surface area contributed by atoms with E-state index in [1.807, 2.05) is 0 Å². The fraction of sp³-hybridized carbons (Fsp3) is 0. The van der Waals surface area contributed by atoms with Gasteiger partial charge in [0, 0.05) is 0 Å². The van der Waals surface area contributed by atoms with E-state index >= 15 is 0 Å². The summed E-state index contributed by atoms with van der Waals surface area (Å²) in [5, 5.41) is 11.4. The maximum absolute atomic E-state index is 12.7. The summed E-state index contributed by atoms with van der Waals surface area (Å²) in [6.07, 6.45) is 0. The molecule has 0 saturated heterocycles. The molecule has 0 aliphatic carbocycles. The highest BCUT2D eigenvalue weighted by atomic mass is 35.5. The molecule has 0 spiro atoms. The fourth-order valence-electron chi connectivity index (χ4n) is 1.75. The minimum Gasteiger partial charge on any atom is -0.282 e. The van der Waals surface area contributed by atoms with E-state index in [9.17, 15) is 16.8 Å². The molecule has 25 heavy (non-hydrogen) atoms. The third-order valence-corrected chi connectivity index (χ3v) is 7.03. The zero-order valence-corrected chi connectivity index (χ0v) is 15.8. The number of sulfone groups is 1. The van der Waals surface area contributed by atoms with Crippen LogP contribution in [0.3, 0.4) is 0 Å². The molecule has 0 atom stereocenters. The summed E-state index contributed by atoms with van der Waals surface area (Å²) in [4.78, 5) is -1.29. The monoisotopic (exact) mass is 446 g/mol. The molecule has 136 valence electrons. The van der Waals surface area contributed by atoms with Crippen LogP contribution in [0.15, 0.2) is 56.0 Å². The van der Waals surface area contributed by atoms with Crippen molar-refractivity contribution in [1.82, 2.24) is 0 Å². The second-order valence-corrected chi connectivity index (χ2v) is 9.29. The Morgan fingerprint density at radius 2 is 1.48 bits per heavy atom. The Morgan fingerprint density at radius 1 is 0.920 bits per heavy atom. The third kappa shape index (κ3) is 4.64. The lowest BCUT2D eigenvalue weighted by molar-refractivity contribution is -0.432. The molecule has 2 rings (SSSR count). The summed E-state index contributed by atoms with van der Waals surface area (Å²) in [6, 6.07) is 6.43. The molecule has 0 heterocycles. The molecule has 0 unspecified atom stereocenters. The Morgan fingerprint density at radius 3 is 2.04 bits per heavy atom. The van der Waals surface area contributed by atoms with Crippen LogP contribution in [0, 0.1) is 0 Å². The molecule has 2 aromatic carbocycles. The average molecular weight is 447 g/mol.